The SMILES string of the molecule is COC(=O)c1ccc(C(C)Sc2nnc(COc3ccccc3Cl)n2-c2ccccc2)o1. The molecule has 0 radical (unpaired) electrons. The normalized spacial score (nSPS) is 11.8. The molecule has 9 heteroatoms. The number of para-hydroxylation sites is 2. The molecule has 0 spiro atoms. The lowest BCUT2D eigenvalue weighted by atomic mass is 10.3. The van der Waals surface area contributed by atoms with Crippen LogP contribution in [-0.4, -0.2) is 27.8 Å². The van der Waals surface area contributed by atoms with Crippen molar-refractivity contribution >= 4 is 29.3 Å². The van der Waals surface area contributed by atoms with Crippen molar-refractivity contribution < 1.29 is 18.7 Å². The molecule has 7 nitrogen and oxygen atoms in total. The van der Waals surface area contributed by atoms with Gasteiger partial charge >= 0.3 is 5.97 Å². The second-order valence-electron chi connectivity index (χ2n) is 6.74. The first kappa shape index (κ1) is 22.0. The van der Waals surface area contributed by atoms with E-state index < -0.39 is 5.97 Å². The van der Waals surface area contributed by atoms with Crippen LogP contribution in [0, 0.1) is 0 Å². The van der Waals surface area contributed by atoms with Crippen LogP contribution in [0.4, 0.5) is 0 Å². The highest BCUT2D eigenvalue weighted by atomic mass is 35.5. The quantitative estimate of drug-likeness (QED) is 0.240. The van der Waals surface area contributed by atoms with E-state index in [0.29, 0.717) is 27.5 Å². The fourth-order valence-electron chi connectivity index (χ4n) is 3.01. The van der Waals surface area contributed by atoms with E-state index in [1.807, 2.05) is 54.0 Å². The fourth-order valence-corrected chi connectivity index (χ4v) is 4.16. The van der Waals surface area contributed by atoms with Crippen molar-refractivity contribution in [3.63, 3.8) is 0 Å². The largest absolute Gasteiger partial charge is 0.484 e. The van der Waals surface area contributed by atoms with E-state index in [9.17, 15) is 4.79 Å². The first-order valence-corrected chi connectivity index (χ1v) is 11.0. The Kier molecular flexibility index (Phi) is 6.82. The van der Waals surface area contributed by atoms with Crippen molar-refractivity contribution in [2.24, 2.45) is 0 Å². The Morgan fingerprint density at radius 1 is 1.09 bits per heavy atom. The molecule has 0 bridgehead atoms. The molecule has 0 saturated carbocycles. The van der Waals surface area contributed by atoms with Gasteiger partial charge in [0, 0.05) is 5.69 Å². The topological polar surface area (TPSA) is 79.4 Å². The van der Waals surface area contributed by atoms with Crippen molar-refractivity contribution in [1.29, 1.82) is 0 Å². The monoisotopic (exact) mass is 469 g/mol. The summed E-state index contributed by atoms with van der Waals surface area (Å²) in [5.41, 5.74) is 0.902. The minimum absolute atomic E-state index is 0.127. The number of hydrogen-bond donors (Lipinski definition) is 0. The molecule has 164 valence electrons. The summed E-state index contributed by atoms with van der Waals surface area (Å²) >= 11 is 7.67. The fraction of sp³-hybridized carbons (Fsp3) is 0.174. The third-order valence-electron chi connectivity index (χ3n) is 4.60. The van der Waals surface area contributed by atoms with Gasteiger partial charge in [-0.1, -0.05) is 53.7 Å². The van der Waals surface area contributed by atoms with Gasteiger partial charge in [-0.2, -0.15) is 0 Å². The number of aromatic nitrogens is 3. The number of furan rings is 1. The number of halogens is 1. The predicted molar refractivity (Wildman–Crippen MR) is 121 cm³/mol. The first-order chi connectivity index (χ1) is 15.6. The zero-order valence-electron chi connectivity index (χ0n) is 17.4. The van der Waals surface area contributed by atoms with Crippen molar-refractivity contribution in [3.8, 4) is 11.4 Å². The van der Waals surface area contributed by atoms with E-state index in [0.717, 1.165) is 5.69 Å². The molecule has 2 aromatic heterocycles. The second-order valence-corrected chi connectivity index (χ2v) is 8.46. The average molecular weight is 470 g/mol. The van der Waals surface area contributed by atoms with Crippen LogP contribution < -0.4 is 4.74 Å². The Bertz CT molecular complexity index is 1210. The maximum absolute atomic E-state index is 11.7. The third kappa shape index (κ3) is 4.81. The molecular formula is C23H20ClN3O4S. The molecule has 0 N–H and O–H groups in total. The third-order valence-corrected chi connectivity index (χ3v) is 5.98. The molecule has 0 amide bonds. The van der Waals surface area contributed by atoms with Crippen molar-refractivity contribution in [3.05, 3.63) is 89.1 Å². The predicted octanol–water partition coefficient (Wildman–Crippen LogP) is 5.73. The van der Waals surface area contributed by atoms with Gasteiger partial charge in [-0.05, 0) is 43.3 Å². The number of rotatable bonds is 8. The van der Waals surface area contributed by atoms with Gasteiger partial charge in [0.2, 0.25) is 5.76 Å². The smallest absolute Gasteiger partial charge is 0.373 e. The van der Waals surface area contributed by atoms with E-state index >= 15 is 0 Å². The Balaban J connectivity index is 1.60. The first-order valence-electron chi connectivity index (χ1n) is 9.78. The van der Waals surface area contributed by atoms with Gasteiger partial charge in [0.25, 0.3) is 0 Å². The maximum atomic E-state index is 11.7. The number of methoxy groups -OCH3 is 1. The molecule has 32 heavy (non-hydrogen) atoms. The Morgan fingerprint density at radius 2 is 1.84 bits per heavy atom. The highest BCUT2D eigenvalue weighted by Crippen LogP contribution is 2.36. The van der Waals surface area contributed by atoms with E-state index in [4.69, 9.17) is 25.5 Å². The Morgan fingerprint density at radius 3 is 2.59 bits per heavy atom. The van der Waals surface area contributed by atoms with Crippen LogP contribution in [0.1, 0.15) is 34.3 Å². The number of hydrogen-bond acceptors (Lipinski definition) is 7. The Hall–Kier alpha value is -3.23. The summed E-state index contributed by atoms with van der Waals surface area (Å²) in [6, 6.07) is 20.4. The Labute approximate surface area is 194 Å². The molecule has 0 aliphatic heterocycles. The summed E-state index contributed by atoms with van der Waals surface area (Å²) in [5.74, 6) is 1.48. The molecule has 0 aliphatic rings. The number of esters is 1. The van der Waals surface area contributed by atoms with Gasteiger partial charge < -0.3 is 13.9 Å². The number of benzene rings is 2. The number of carbonyl (C=O) groups excluding carboxylic acids is 1. The molecule has 2 aromatic carbocycles. The van der Waals surface area contributed by atoms with E-state index in [1.165, 1.54) is 18.9 Å². The summed E-state index contributed by atoms with van der Waals surface area (Å²) in [6.45, 7) is 2.16. The van der Waals surface area contributed by atoms with Gasteiger partial charge in [0.05, 0.1) is 17.4 Å². The lowest BCUT2D eigenvalue weighted by Crippen LogP contribution is -2.07. The maximum Gasteiger partial charge on any atom is 0.373 e. The second kappa shape index (κ2) is 9.93. The molecule has 1 atom stereocenters. The minimum atomic E-state index is -0.514. The minimum Gasteiger partial charge on any atom is -0.484 e. The average Bonchev–Trinajstić information content (AvgIpc) is 3.46. The van der Waals surface area contributed by atoms with Crippen molar-refractivity contribution in [2.75, 3.05) is 7.11 Å². The van der Waals surface area contributed by atoms with Crippen molar-refractivity contribution in [2.45, 2.75) is 23.9 Å². The van der Waals surface area contributed by atoms with Crippen LogP contribution in [0.25, 0.3) is 5.69 Å². The zero-order chi connectivity index (χ0) is 22.5. The van der Waals surface area contributed by atoms with Crippen LogP contribution in [0.5, 0.6) is 5.75 Å². The zero-order valence-corrected chi connectivity index (χ0v) is 19.0. The van der Waals surface area contributed by atoms with Crippen LogP contribution in [0.3, 0.4) is 0 Å². The number of carbonyl (C=O) groups is 1. The van der Waals surface area contributed by atoms with E-state index in [1.54, 1.807) is 24.3 Å². The lowest BCUT2D eigenvalue weighted by Gasteiger charge is -2.13. The van der Waals surface area contributed by atoms with Gasteiger partial charge in [-0.25, -0.2) is 4.79 Å². The standard InChI is InChI=1S/C23H20ClN3O4S/c1-15(18-12-13-20(31-18)22(28)29-2)32-23-26-25-21(27(23)16-8-4-3-5-9-16)14-30-19-11-7-6-10-17(19)24/h3-13,15H,14H2,1-2H3. The number of thioether (sulfide) groups is 1. The highest BCUT2D eigenvalue weighted by molar-refractivity contribution is 7.99. The highest BCUT2D eigenvalue weighted by Gasteiger charge is 2.21. The molecule has 0 aliphatic carbocycles. The number of nitrogens with zero attached hydrogens (tertiary/aromatic N) is 3. The summed E-state index contributed by atoms with van der Waals surface area (Å²) in [4.78, 5) is 11.7. The molecule has 0 fully saturated rings. The van der Waals surface area contributed by atoms with Gasteiger partial charge in [-0.15, -0.1) is 10.2 Å². The van der Waals surface area contributed by atoms with Gasteiger partial charge in [0.15, 0.2) is 11.0 Å². The molecule has 0 saturated heterocycles. The summed E-state index contributed by atoms with van der Waals surface area (Å²) < 4.78 is 18.2. The molecule has 4 rings (SSSR count). The molecular weight excluding hydrogens is 450 g/mol. The van der Waals surface area contributed by atoms with Crippen LogP contribution in [0.2, 0.25) is 5.02 Å². The van der Waals surface area contributed by atoms with Gasteiger partial charge in [0.1, 0.15) is 18.1 Å². The van der Waals surface area contributed by atoms with Gasteiger partial charge in [-0.3, -0.25) is 4.57 Å². The van der Waals surface area contributed by atoms with Crippen molar-refractivity contribution in [1.82, 2.24) is 14.8 Å². The summed E-state index contributed by atoms with van der Waals surface area (Å²) in [5, 5.41) is 9.80. The van der Waals surface area contributed by atoms with Crippen LogP contribution in [-0.2, 0) is 11.3 Å². The number of ether oxygens (including phenoxy) is 2. The van der Waals surface area contributed by atoms with Crippen LogP contribution >= 0.6 is 23.4 Å². The van der Waals surface area contributed by atoms with Crippen LogP contribution in [0.15, 0.2) is 76.3 Å². The molecule has 1 unspecified atom stereocenters. The summed E-state index contributed by atoms with van der Waals surface area (Å²) in [6.07, 6.45) is 0. The molecule has 2 heterocycles. The summed E-state index contributed by atoms with van der Waals surface area (Å²) in [7, 11) is 1.32. The lowest BCUT2D eigenvalue weighted by molar-refractivity contribution is 0.0563. The van der Waals surface area contributed by atoms with E-state index in [-0.39, 0.29) is 17.6 Å². The van der Waals surface area contributed by atoms with E-state index in [2.05, 4.69) is 10.2 Å². The molecule has 4 aromatic rings.